The maximum absolute atomic E-state index is 12.5. The van der Waals surface area contributed by atoms with Gasteiger partial charge in [0.05, 0.1) is 22.4 Å². The van der Waals surface area contributed by atoms with Crippen molar-refractivity contribution < 1.29 is 13.5 Å². The van der Waals surface area contributed by atoms with E-state index in [0.717, 1.165) is 0 Å². The van der Waals surface area contributed by atoms with Crippen molar-refractivity contribution in [3.8, 4) is 5.75 Å². The predicted octanol–water partition coefficient (Wildman–Crippen LogP) is 3.29. The number of ether oxygens (including phenoxy) is 1. The summed E-state index contributed by atoms with van der Waals surface area (Å²) in [5.74, 6) is 0.0591. The third-order valence-corrected chi connectivity index (χ3v) is 3.11. The molecule has 0 radical (unpaired) electrons. The van der Waals surface area contributed by atoms with E-state index in [9.17, 15) is 8.78 Å². The van der Waals surface area contributed by atoms with Gasteiger partial charge < -0.3 is 4.74 Å². The van der Waals surface area contributed by atoms with E-state index >= 15 is 0 Å². The molecule has 6 heteroatoms. The van der Waals surface area contributed by atoms with Crippen LogP contribution in [0.2, 0.25) is 5.15 Å². The van der Waals surface area contributed by atoms with Crippen LogP contribution in [0, 0.1) is 3.57 Å². The minimum Gasteiger partial charge on any atom is -0.495 e. The van der Waals surface area contributed by atoms with Gasteiger partial charge in [-0.3, -0.25) is 0 Å². The van der Waals surface area contributed by atoms with Gasteiger partial charge >= 0.3 is 0 Å². The average molecular weight is 319 g/mol. The summed E-state index contributed by atoms with van der Waals surface area (Å²) < 4.78 is 29.9. The lowest BCUT2D eigenvalue weighted by atomic mass is 10.2. The number of alkyl halides is 2. The Bertz CT molecular complexity index is 322. The van der Waals surface area contributed by atoms with Gasteiger partial charge in [0.25, 0.3) is 6.43 Å². The van der Waals surface area contributed by atoms with Crippen LogP contribution in [-0.4, -0.2) is 12.1 Å². The number of nitrogens with zero attached hydrogens (tertiary/aromatic N) is 1. The smallest absolute Gasteiger partial charge is 0.268 e. The molecule has 0 saturated carbocycles. The Kier molecular flexibility index (Phi) is 3.66. The quantitative estimate of drug-likeness (QED) is 0.616. The first-order valence-corrected chi connectivity index (χ1v) is 4.69. The Labute approximate surface area is 92.4 Å². The van der Waals surface area contributed by atoms with E-state index < -0.39 is 6.43 Å². The Hall–Kier alpha value is -0.170. The van der Waals surface area contributed by atoms with Gasteiger partial charge in [0.1, 0.15) is 10.9 Å². The van der Waals surface area contributed by atoms with Crippen LogP contribution in [0.4, 0.5) is 8.78 Å². The lowest BCUT2D eigenvalue weighted by Gasteiger charge is -2.09. The fourth-order valence-electron chi connectivity index (χ4n) is 0.827. The number of aromatic nitrogens is 1. The van der Waals surface area contributed by atoms with Crippen LogP contribution in [0.5, 0.6) is 5.75 Å². The fraction of sp³-hybridized carbons (Fsp3) is 0.286. The number of hydrogen-bond donors (Lipinski definition) is 0. The molecule has 0 aliphatic heterocycles. The molecule has 1 heterocycles. The molecule has 0 aliphatic carbocycles. The largest absolute Gasteiger partial charge is 0.495 e. The third kappa shape index (κ3) is 2.19. The number of halogens is 4. The molecule has 1 rings (SSSR count). The molecule has 0 spiro atoms. The zero-order valence-electron chi connectivity index (χ0n) is 6.52. The molecule has 0 fully saturated rings. The van der Waals surface area contributed by atoms with Gasteiger partial charge in [0.2, 0.25) is 0 Å². The average Bonchev–Trinajstić information content (AvgIpc) is 2.08. The molecule has 72 valence electrons. The molecule has 0 atom stereocenters. The van der Waals surface area contributed by atoms with Gasteiger partial charge in [-0.1, -0.05) is 11.6 Å². The third-order valence-electron chi connectivity index (χ3n) is 1.42. The lowest BCUT2D eigenvalue weighted by molar-refractivity contribution is 0.146. The molecule has 0 bridgehead atoms. The van der Waals surface area contributed by atoms with Crippen molar-refractivity contribution >= 4 is 34.2 Å². The van der Waals surface area contributed by atoms with Crippen LogP contribution < -0.4 is 4.74 Å². The minimum atomic E-state index is -2.61. The monoisotopic (exact) mass is 319 g/mol. The zero-order valence-corrected chi connectivity index (χ0v) is 9.44. The summed E-state index contributed by atoms with van der Waals surface area (Å²) in [6, 6.07) is 0. The lowest BCUT2D eigenvalue weighted by Crippen LogP contribution is -1.98. The summed E-state index contributed by atoms with van der Waals surface area (Å²) in [7, 11) is 1.31. The summed E-state index contributed by atoms with van der Waals surface area (Å²) in [6.07, 6.45) is -1.42. The summed E-state index contributed by atoms with van der Waals surface area (Å²) in [5, 5.41) is 0.0664. The second-order valence-corrected chi connectivity index (χ2v) is 3.58. The molecular weight excluding hydrogens is 314 g/mol. The number of rotatable bonds is 2. The Morgan fingerprint density at radius 1 is 1.62 bits per heavy atom. The highest BCUT2D eigenvalue weighted by Gasteiger charge is 2.20. The summed E-state index contributed by atoms with van der Waals surface area (Å²) >= 11 is 7.29. The van der Waals surface area contributed by atoms with Crippen molar-refractivity contribution in [2.45, 2.75) is 6.43 Å². The van der Waals surface area contributed by atoms with Gasteiger partial charge in [-0.2, -0.15) is 0 Å². The van der Waals surface area contributed by atoms with Crippen LogP contribution in [-0.2, 0) is 0 Å². The molecule has 2 nitrogen and oxygen atoms in total. The number of methoxy groups -OCH3 is 1. The number of pyridine rings is 1. The van der Waals surface area contributed by atoms with Crippen LogP contribution in [0.15, 0.2) is 6.20 Å². The highest BCUT2D eigenvalue weighted by molar-refractivity contribution is 14.1. The summed E-state index contributed by atoms with van der Waals surface area (Å²) in [4.78, 5) is 3.69. The topological polar surface area (TPSA) is 22.1 Å². The molecule has 1 aromatic rings. The van der Waals surface area contributed by atoms with Gasteiger partial charge in [-0.05, 0) is 22.6 Å². The molecule has 0 unspecified atom stereocenters. The molecule has 0 aromatic carbocycles. The highest BCUT2D eigenvalue weighted by atomic mass is 127. The molecule has 0 aliphatic rings. The van der Waals surface area contributed by atoms with E-state index in [2.05, 4.69) is 4.98 Å². The van der Waals surface area contributed by atoms with Crippen LogP contribution in [0.3, 0.4) is 0 Å². The van der Waals surface area contributed by atoms with Crippen molar-refractivity contribution in [3.63, 3.8) is 0 Å². The Balaban J connectivity index is 3.32. The number of hydrogen-bond acceptors (Lipinski definition) is 2. The summed E-state index contributed by atoms with van der Waals surface area (Å²) in [6.45, 7) is 0. The molecule has 13 heavy (non-hydrogen) atoms. The first kappa shape index (κ1) is 10.9. The van der Waals surface area contributed by atoms with Crippen LogP contribution >= 0.6 is 34.2 Å². The highest BCUT2D eigenvalue weighted by Crippen LogP contribution is 2.35. The zero-order chi connectivity index (χ0) is 10.0. The second-order valence-electron chi connectivity index (χ2n) is 2.15. The van der Waals surface area contributed by atoms with E-state index in [1.807, 2.05) is 0 Å². The summed E-state index contributed by atoms with van der Waals surface area (Å²) in [5.41, 5.74) is -0.205. The van der Waals surface area contributed by atoms with Crippen molar-refractivity contribution in [2.24, 2.45) is 0 Å². The first-order chi connectivity index (χ1) is 6.07. The first-order valence-electron chi connectivity index (χ1n) is 3.24. The Morgan fingerprint density at radius 2 is 2.23 bits per heavy atom. The van der Waals surface area contributed by atoms with Gasteiger partial charge in [-0.25, -0.2) is 13.8 Å². The van der Waals surface area contributed by atoms with Crippen molar-refractivity contribution in [1.82, 2.24) is 4.98 Å². The van der Waals surface area contributed by atoms with Crippen LogP contribution in [0.25, 0.3) is 0 Å². The standard InChI is InChI=1S/C7H5ClF2INO/c1-13-3-2-12-6(8)5(11)4(3)7(9)10/h2,7H,1H3. The molecule has 0 amide bonds. The fourth-order valence-corrected chi connectivity index (χ4v) is 1.62. The second kappa shape index (κ2) is 4.36. The molecular formula is C7H5ClF2INO. The normalized spacial score (nSPS) is 10.6. The SMILES string of the molecule is COc1cnc(Cl)c(I)c1C(F)F. The van der Waals surface area contributed by atoms with Gasteiger partial charge in [0.15, 0.2) is 0 Å². The maximum Gasteiger partial charge on any atom is 0.268 e. The van der Waals surface area contributed by atoms with E-state index in [1.54, 1.807) is 22.6 Å². The van der Waals surface area contributed by atoms with Crippen LogP contribution in [0.1, 0.15) is 12.0 Å². The van der Waals surface area contributed by atoms with Crippen molar-refractivity contribution in [2.75, 3.05) is 7.11 Å². The Morgan fingerprint density at radius 3 is 2.69 bits per heavy atom. The minimum absolute atomic E-state index is 0.0591. The molecule has 0 N–H and O–H groups in total. The van der Waals surface area contributed by atoms with Gasteiger partial charge in [-0.15, -0.1) is 0 Å². The van der Waals surface area contributed by atoms with Gasteiger partial charge in [0, 0.05) is 0 Å². The van der Waals surface area contributed by atoms with Crippen molar-refractivity contribution in [1.29, 1.82) is 0 Å². The maximum atomic E-state index is 12.5. The van der Waals surface area contributed by atoms with E-state index in [-0.39, 0.29) is 20.0 Å². The van der Waals surface area contributed by atoms with Crippen molar-refractivity contribution in [3.05, 3.63) is 20.5 Å². The molecule has 1 aromatic heterocycles. The van der Waals surface area contributed by atoms with E-state index in [1.165, 1.54) is 13.3 Å². The van der Waals surface area contributed by atoms with E-state index in [4.69, 9.17) is 16.3 Å². The predicted molar refractivity (Wildman–Crippen MR) is 53.5 cm³/mol. The van der Waals surface area contributed by atoms with E-state index in [0.29, 0.717) is 0 Å². The molecule has 0 saturated heterocycles.